The summed E-state index contributed by atoms with van der Waals surface area (Å²) in [6, 6.07) is 4.44. The lowest BCUT2D eigenvalue weighted by molar-refractivity contribution is 0.0987. The van der Waals surface area contributed by atoms with Crippen LogP contribution in [0.25, 0.3) is 0 Å². The van der Waals surface area contributed by atoms with Gasteiger partial charge in [-0.3, -0.25) is 9.78 Å². The standard InChI is InChI=1S/C14H13FN2O2/c1-9-7-17-12(8-16-9)13(18)6-10-3-4-14(19-2)11(15)5-10/h3-5,7-8H,6H2,1-2H3. The first-order valence-corrected chi connectivity index (χ1v) is 5.74. The first kappa shape index (κ1) is 13.1. The molecule has 0 fully saturated rings. The van der Waals surface area contributed by atoms with Gasteiger partial charge in [0.1, 0.15) is 5.69 Å². The predicted octanol–water partition coefficient (Wildman–Crippen LogP) is 2.36. The van der Waals surface area contributed by atoms with Crippen molar-refractivity contribution in [3.05, 3.63) is 53.4 Å². The number of Topliss-reactive ketones (excluding diaryl/α,β-unsaturated/α-hetero) is 1. The molecule has 4 nitrogen and oxygen atoms in total. The lowest BCUT2D eigenvalue weighted by Gasteiger charge is -2.04. The topological polar surface area (TPSA) is 52.1 Å². The van der Waals surface area contributed by atoms with Crippen LogP contribution in [0.15, 0.2) is 30.6 Å². The number of benzene rings is 1. The molecule has 0 bridgehead atoms. The second-order valence-corrected chi connectivity index (χ2v) is 4.11. The normalized spacial score (nSPS) is 10.3. The number of methoxy groups -OCH3 is 1. The molecule has 0 spiro atoms. The molecule has 2 rings (SSSR count). The van der Waals surface area contributed by atoms with E-state index in [0.717, 1.165) is 5.69 Å². The summed E-state index contributed by atoms with van der Waals surface area (Å²) in [4.78, 5) is 19.9. The summed E-state index contributed by atoms with van der Waals surface area (Å²) in [5.74, 6) is -0.522. The van der Waals surface area contributed by atoms with Gasteiger partial charge in [-0.05, 0) is 24.6 Å². The Balaban J connectivity index is 2.14. The number of halogens is 1. The van der Waals surface area contributed by atoms with Crippen LogP contribution in [0.4, 0.5) is 4.39 Å². The number of hydrogen-bond donors (Lipinski definition) is 0. The molecule has 1 heterocycles. The van der Waals surface area contributed by atoms with Gasteiger partial charge in [0.05, 0.1) is 19.0 Å². The molecular weight excluding hydrogens is 247 g/mol. The van der Waals surface area contributed by atoms with E-state index in [9.17, 15) is 9.18 Å². The Morgan fingerprint density at radius 1 is 1.32 bits per heavy atom. The number of hydrogen-bond acceptors (Lipinski definition) is 4. The predicted molar refractivity (Wildman–Crippen MR) is 67.8 cm³/mol. The van der Waals surface area contributed by atoms with Gasteiger partial charge in [0.2, 0.25) is 0 Å². The van der Waals surface area contributed by atoms with Gasteiger partial charge in [-0.2, -0.15) is 0 Å². The highest BCUT2D eigenvalue weighted by atomic mass is 19.1. The molecule has 1 aromatic heterocycles. The van der Waals surface area contributed by atoms with Gasteiger partial charge < -0.3 is 4.74 Å². The molecule has 0 radical (unpaired) electrons. The monoisotopic (exact) mass is 260 g/mol. The Bertz CT molecular complexity index is 597. The molecule has 0 saturated carbocycles. The molecule has 0 aliphatic carbocycles. The van der Waals surface area contributed by atoms with Gasteiger partial charge >= 0.3 is 0 Å². The summed E-state index contributed by atoms with van der Waals surface area (Å²) >= 11 is 0. The van der Waals surface area contributed by atoms with E-state index in [1.54, 1.807) is 13.0 Å². The van der Waals surface area contributed by atoms with Crippen LogP contribution in [-0.4, -0.2) is 22.9 Å². The van der Waals surface area contributed by atoms with Crippen molar-refractivity contribution < 1.29 is 13.9 Å². The minimum atomic E-state index is -0.484. The van der Waals surface area contributed by atoms with Gasteiger partial charge in [-0.15, -0.1) is 0 Å². The third kappa shape index (κ3) is 3.13. The fourth-order valence-electron chi connectivity index (χ4n) is 1.63. The largest absolute Gasteiger partial charge is 0.494 e. The first-order chi connectivity index (χ1) is 9.10. The quantitative estimate of drug-likeness (QED) is 0.792. The summed E-state index contributed by atoms with van der Waals surface area (Å²) in [7, 11) is 1.39. The van der Waals surface area contributed by atoms with E-state index in [1.165, 1.54) is 31.6 Å². The molecular formula is C14H13FN2O2. The molecule has 0 aliphatic rings. The fraction of sp³-hybridized carbons (Fsp3) is 0.214. The Morgan fingerprint density at radius 2 is 2.11 bits per heavy atom. The summed E-state index contributed by atoms with van der Waals surface area (Å²) in [5, 5.41) is 0. The first-order valence-electron chi connectivity index (χ1n) is 5.74. The summed E-state index contributed by atoms with van der Waals surface area (Å²) in [6.45, 7) is 1.79. The highest BCUT2D eigenvalue weighted by molar-refractivity contribution is 5.95. The van der Waals surface area contributed by atoms with Gasteiger partial charge in [0.25, 0.3) is 0 Å². The van der Waals surface area contributed by atoms with Crippen LogP contribution < -0.4 is 4.74 Å². The van der Waals surface area contributed by atoms with E-state index in [2.05, 4.69) is 9.97 Å². The number of rotatable bonds is 4. The van der Waals surface area contributed by atoms with Crippen LogP contribution in [0.3, 0.4) is 0 Å². The van der Waals surface area contributed by atoms with Crippen LogP contribution in [0.1, 0.15) is 21.7 Å². The molecule has 0 atom stereocenters. The molecule has 0 N–H and O–H groups in total. The second kappa shape index (κ2) is 5.56. The molecule has 2 aromatic rings. The maximum Gasteiger partial charge on any atom is 0.187 e. The Labute approximate surface area is 110 Å². The second-order valence-electron chi connectivity index (χ2n) is 4.11. The van der Waals surface area contributed by atoms with Crippen molar-refractivity contribution >= 4 is 5.78 Å². The number of ketones is 1. The molecule has 5 heteroatoms. The van der Waals surface area contributed by atoms with E-state index in [1.807, 2.05) is 0 Å². The van der Waals surface area contributed by atoms with Crippen LogP contribution in [0, 0.1) is 12.7 Å². The van der Waals surface area contributed by atoms with E-state index < -0.39 is 5.82 Å². The molecule has 0 amide bonds. The van der Waals surface area contributed by atoms with Crippen molar-refractivity contribution in [2.24, 2.45) is 0 Å². The van der Waals surface area contributed by atoms with Crippen molar-refractivity contribution in [2.45, 2.75) is 13.3 Å². The molecule has 0 aliphatic heterocycles. The molecule has 0 unspecified atom stereocenters. The number of ether oxygens (including phenoxy) is 1. The van der Waals surface area contributed by atoms with Crippen LogP contribution in [0.5, 0.6) is 5.75 Å². The summed E-state index contributed by atoms with van der Waals surface area (Å²) in [6.07, 6.45) is 3.04. The Kier molecular flexibility index (Phi) is 3.85. The van der Waals surface area contributed by atoms with Crippen molar-refractivity contribution in [1.82, 2.24) is 9.97 Å². The lowest BCUT2D eigenvalue weighted by atomic mass is 10.1. The van der Waals surface area contributed by atoms with Crippen molar-refractivity contribution in [3.8, 4) is 5.75 Å². The van der Waals surface area contributed by atoms with Crippen molar-refractivity contribution in [3.63, 3.8) is 0 Å². The molecule has 0 saturated heterocycles. The smallest absolute Gasteiger partial charge is 0.187 e. The Morgan fingerprint density at radius 3 is 2.68 bits per heavy atom. The van der Waals surface area contributed by atoms with Crippen LogP contribution in [0.2, 0.25) is 0 Å². The summed E-state index contributed by atoms with van der Waals surface area (Å²) < 4.78 is 18.3. The van der Waals surface area contributed by atoms with E-state index >= 15 is 0 Å². The van der Waals surface area contributed by atoms with Crippen molar-refractivity contribution in [2.75, 3.05) is 7.11 Å². The SMILES string of the molecule is COc1ccc(CC(=O)c2cnc(C)cn2)cc1F. The Hall–Kier alpha value is -2.30. The highest BCUT2D eigenvalue weighted by Crippen LogP contribution is 2.18. The van der Waals surface area contributed by atoms with E-state index in [-0.39, 0.29) is 23.6 Å². The van der Waals surface area contributed by atoms with Gasteiger partial charge in [0, 0.05) is 12.6 Å². The van der Waals surface area contributed by atoms with E-state index in [0.29, 0.717) is 5.56 Å². The number of aromatic nitrogens is 2. The third-order valence-corrected chi connectivity index (χ3v) is 2.65. The van der Waals surface area contributed by atoms with Crippen molar-refractivity contribution in [1.29, 1.82) is 0 Å². The van der Waals surface area contributed by atoms with Crippen LogP contribution >= 0.6 is 0 Å². The fourth-order valence-corrected chi connectivity index (χ4v) is 1.63. The number of carbonyl (C=O) groups is 1. The third-order valence-electron chi connectivity index (χ3n) is 2.65. The average Bonchev–Trinajstić information content (AvgIpc) is 2.39. The maximum atomic E-state index is 13.5. The van der Waals surface area contributed by atoms with Crippen LogP contribution in [-0.2, 0) is 6.42 Å². The van der Waals surface area contributed by atoms with Gasteiger partial charge in [-0.1, -0.05) is 6.07 Å². The number of aryl methyl sites for hydroxylation is 1. The zero-order chi connectivity index (χ0) is 13.8. The maximum absolute atomic E-state index is 13.5. The molecule has 98 valence electrons. The van der Waals surface area contributed by atoms with Gasteiger partial charge in [-0.25, -0.2) is 9.37 Å². The lowest BCUT2D eigenvalue weighted by Crippen LogP contribution is -2.07. The highest BCUT2D eigenvalue weighted by Gasteiger charge is 2.11. The minimum absolute atomic E-state index is 0.0820. The minimum Gasteiger partial charge on any atom is -0.494 e. The number of nitrogens with zero attached hydrogens (tertiary/aromatic N) is 2. The van der Waals surface area contributed by atoms with E-state index in [4.69, 9.17) is 4.74 Å². The molecule has 1 aromatic carbocycles. The zero-order valence-corrected chi connectivity index (χ0v) is 10.7. The number of carbonyl (C=O) groups excluding carboxylic acids is 1. The zero-order valence-electron chi connectivity index (χ0n) is 10.7. The summed E-state index contributed by atoms with van der Waals surface area (Å²) in [5.41, 5.74) is 1.60. The average molecular weight is 260 g/mol. The molecule has 19 heavy (non-hydrogen) atoms. The van der Waals surface area contributed by atoms with Gasteiger partial charge in [0.15, 0.2) is 17.3 Å².